The molecule has 0 saturated carbocycles. The standard InChI is InChI=1S/C22H18IN3O3/c1-28-19-8-7-15(12-17(19)23)21-20(26-13-29-21)22(27)25-11-9-14-4-2-6-18-16(14)5-3-10-24-18/h2-8,10,12-13H,9,11H2,1H3,(H,25,27). The zero-order chi connectivity index (χ0) is 20.2. The first kappa shape index (κ1) is 19.4. The predicted octanol–water partition coefficient (Wildman–Crippen LogP) is 4.48. The summed E-state index contributed by atoms with van der Waals surface area (Å²) in [6.07, 6.45) is 3.76. The zero-order valence-electron chi connectivity index (χ0n) is 15.7. The summed E-state index contributed by atoms with van der Waals surface area (Å²) in [6.45, 7) is 0.485. The van der Waals surface area contributed by atoms with E-state index >= 15 is 0 Å². The highest BCUT2D eigenvalue weighted by Crippen LogP contribution is 2.29. The van der Waals surface area contributed by atoms with Crippen LogP contribution in [0.25, 0.3) is 22.2 Å². The number of hydrogen-bond donors (Lipinski definition) is 1. The van der Waals surface area contributed by atoms with Gasteiger partial charge in [-0.2, -0.15) is 0 Å². The lowest BCUT2D eigenvalue weighted by atomic mass is 10.1. The fourth-order valence-corrected chi connectivity index (χ4v) is 3.94. The molecule has 2 aromatic carbocycles. The van der Waals surface area contributed by atoms with Gasteiger partial charge in [-0.1, -0.05) is 18.2 Å². The van der Waals surface area contributed by atoms with Crippen LogP contribution < -0.4 is 10.1 Å². The number of rotatable bonds is 6. The Morgan fingerprint density at radius 2 is 2.07 bits per heavy atom. The molecule has 0 atom stereocenters. The third-order valence-corrected chi connectivity index (χ3v) is 5.46. The van der Waals surface area contributed by atoms with Crippen LogP contribution in [0.15, 0.2) is 65.5 Å². The molecule has 146 valence electrons. The Kier molecular flexibility index (Phi) is 5.75. The molecule has 0 aliphatic heterocycles. The number of carbonyl (C=O) groups excluding carboxylic acids is 1. The molecule has 0 fully saturated rings. The lowest BCUT2D eigenvalue weighted by Gasteiger charge is -2.08. The summed E-state index contributed by atoms with van der Waals surface area (Å²) in [5.74, 6) is 0.944. The molecule has 7 heteroatoms. The topological polar surface area (TPSA) is 77.2 Å². The summed E-state index contributed by atoms with van der Waals surface area (Å²) < 4.78 is 11.7. The average Bonchev–Trinajstić information content (AvgIpc) is 3.24. The van der Waals surface area contributed by atoms with Crippen LogP contribution in [0.1, 0.15) is 16.1 Å². The van der Waals surface area contributed by atoms with Gasteiger partial charge in [0.1, 0.15) is 5.75 Å². The number of aromatic nitrogens is 2. The summed E-state index contributed by atoms with van der Waals surface area (Å²) in [5.41, 5.74) is 3.13. The highest BCUT2D eigenvalue weighted by atomic mass is 127. The van der Waals surface area contributed by atoms with Gasteiger partial charge in [-0.15, -0.1) is 0 Å². The Hall–Kier alpha value is -2.94. The van der Waals surface area contributed by atoms with Crippen LogP contribution in [0.5, 0.6) is 5.75 Å². The highest BCUT2D eigenvalue weighted by Gasteiger charge is 2.19. The molecule has 29 heavy (non-hydrogen) atoms. The monoisotopic (exact) mass is 499 g/mol. The number of oxazole rings is 1. The minimum Gasteiger partial charge on any atom is -0.496 e. The van der Waals surface area contributed by atoms with E-state index in [9.17, 15) is 4.79 Å². The van der Waals surface area contributed by atoms with Crippen molar-refractivity contribution < 1.29 is 13.9 Å². The molecule has 4 rings (SSSR count). The Morgan fingerprint density at radius 1 is 1.17 bits per heavy atom. The van der Waals surface area contributed by atoms with E-state index in [2.05, 4.69) is 43.9 Å². The number of nitrogens with zero attached hydrogens (tertiary/aromatic N) is 2. The van der Waals surface area contributed by atoms with Crippen molar-refractivity contribution in [1.82, 2.24) is 15.3 Å². The highest BCUT2D eigenvalue weighted by molar-refractivity contribution is 14.1. The molecule has 1 N–H and O–H groups in total. The second-order valence-corrected chi connectivity index (χ2v) is 7.53. The Morgan fingerprint density at radius 3 is 2.90 bits per heavy atom. The van der Waals surface area contributed by atoms with Crippen LogP contribution in [0.4, 0.5) is 0 Å². The molecule has 1 amide bonds. The maximum Gasteiger partial charge on any atom is 0.273 e. The van der Waals surface area contributed by atoms with E-state index in [4.69, 9.17) is 9.15 Å². The molecule has 0 aliphatic carbocycles. The van der Waals surface area contributed by atoms with Crippen molar-refractivity contribution in [2.45, 2.75) is 6.42 Å². The fourth-order valence-electron chi connectivity index (χ4n) is 3.20. The van der Waals surface area contributed by atoms with E-state index in [1.54, 1.807) is 13.3 Å². The number of hydrogen-bond acceptors (Lipinski definition) is 5. The second-order valence-electron chi connectivity index (χ2n) is 6.37. The van der Waals surface area contributed by atoms with Crippen molar-refractivity contribution in [1.29, 1.82) is 0 Å². The molecular formula is C22H18IN3O3. The van der Waals surface area contributed by atoms with Crippen LogP contribution in [-0.4, -0.2) is 29.5 Å². The number of ether oxygens (including phenoxy) is 1. The lowest BCUT2D eigenvalue weighted by Crippen LogP contribution is -2.26. The second kappa shape index (κ2) is 8.60. The van der Waals surface area contributed by atoms with Crippen molar-refractivity contribution in [3.8, 4) is 17.1 Å². The minimum absolute atomic E-state index is 0.266. The van der Waals surface area contributed by atoms with Gasteiger partial charge < -0.3 is 14.5 Å². The normalized spacial score (nSPS) is 10.8. The molecule has 0 aliphatic rings. The van der Waals surface area contributed by atoms with Gasteiger partial charge >= 0.3 is 0 Å². The molecule has 0 radical (unpaired) electrons. The van der Waals surface area contributed by atoms with Gasteiger partial charge in [0.15, 0.2) is 17.8 Å². The number of pyridine rings is 1. The largest absolute Gasteiger partial charge is 0.496 e. The maximum atomic E-state index is 12.7. The molecular weight excluding hydrogens is 481 g/mol. The number of carbonyl (C=O) groups is 1. The maximum absolute atomic E-state index is 12.7. The van der Waals surface area contributed by atoms with Crippen molar-refractivity contribution in [3.63, 3.8) is 0 Å². The van der Waals surface area contributed by atoms with Crippen LogP contribution in [0, 0.1) is 3.57 Å². The van der Waals surface area contributed by atoms with Gasteiger partial charge in [-0.3, -0.25) is 9.78 Å². The number of benzene rings is 2. The molecule has 2 aromatic heterocycles. The summed E-state index contributed by atoms with van der Waals surface area (Å²) in [5, 5.41) is 4.03. The van der Waals surface area contributed by atoms with Gasteiger partial charge in [0.25, 0.3) is 5.91 Å². The molecule has 0 saturated heterocycles. The van der Waals surface area contributed by atoms with Gasteiger partial charge in [0.2, 0.25) is 0 Å². The third kappa shape index (κ3) is 4.09. The van der Waals surface area contributed by atoms with Crippen LogP contribution >= 0.6 is 22.6 Å². The van der Waals surface area contributed by atoms with Crippen molar-refractivity contribution >= 4 is 39.4 Å². The fraction of sp³-hybridized carbons (Fsp3) is 0.136. The summed E-state index contributed by atoms with van der Waals surface area (Å²) in [4.78, 5) is 21.2. The van der Waals surface area contributed by atoms with E-state index in [-0.39, 0.29) is 11.6 Å². The number of halogens is 1. The van der Waals surface area contributed by atoms with E-state index in [1.807, 2.05) is 42.5 Å². The van der Waals surface area contributed by atoms with Crippen molar-refractivity contribution in [2.75, 3.05) is 13.7 Å². The Bertz CT molecular complexity index is 1170. The predicted molar refractivity (Wildman–Crippen MR) is 119 cm³/mol. The van der Waals surface area contributed by atoms with Gasteiger partial charge in [-0.25, -0.2) is 4.98 Å². The Labute approximate surface area is 181 Å². The first-order valence-electron chi connectivity index (χ1n) is 9.05. The number of nitrogens with one attached hydrogen (secondary N) is 1. The SMILES string of the molecule is COc1ccc(-c2ocnc2C(=O)NCCc2cccc3ncccc23)cc1I. The molecule has 0 bridgehead atoms. The zero-order valence-corrected chi connectivity index (χ0v) is 17.8. The minimum atomic E-state index is -0.266. The van der Waals surface area contributed by atoms with Crippen LogP contribution in [0.2, 0.25) is 0 Å². The quantitative estimate of drug-likeness (QED) is 0.396. The van der Waals surface area contributed by atoms with Gasteiger partial charge in [-0.05, 0) is 64.9 Å². The molecule has 0 unspecified atom stereocenters. The van der Waals surface area contributed by atoms with E-state index in [0.29, 0.717) is 18.7 Å². The number of methoxy groups -OCH3 is 1. The lowest BCUT2D eigenvalue weighted by molar-refractivity contribution is 0.0950. The van der Waals surface area contributed by atoms with E-state index < -0.39 is 0 Å². The third-order valence-electron chi connectivity index (χ3n) is 4.61. The molecule has 0 spiro atoms. The van der Waals surface area contributed by atoms with Gasteiger partial charge in [0, 0.05) is 23.7 Å². The average molecular weight is 499 g/mol. The number of fused-ring (bicyclic) bond motifs is 1. The van der Waals surface area contributed by atoms with E-state index in [1.165, 1.54) is 6.39 Å². The first-order valence-corrected chi connectivity index (χ1v) is 10.1. The van der Waals surface area contributed by atoms with Crippen molar-refractivity contribution in [3.05, 3.63) is 75.9 Å². The van der Waals surface area contributed by atoms with Crippen LogP contribution in [0.3, 0.4) is 0 Å². The molecule has 2 heterocycles. The van der Waals surface area contributed by atoms with Gasteiger partial charge in [0.05, 0.1) is 16.2 Å². The summed E-state index contributed by atoms with van der Waals surface area (Å²) in [6, 6.07) is 15.6. The Balaban J connectivity index is 1.47. The van der Waals surface area contributed by atoms with Crippen LogP contribution in [-0.2, 0) is 6.42 Å². The number of amides is 1. The van der Waals surface area contributed by atoms with E-state index in [0.717, 1.165) is 31.3 Å². The summed E-state index contributed by atoms with van der Waals surface area (Å²) in [7, 11) is 1.62. The summed E-state index contributed by atoms with van der Waals surface area (Å²) >= 11 is 2.18. The molecule has 6 nitrogen and oxygen atoms in total. The van der Waals surface area contributed by atoms with Crippen molar-refractivity contribution in [2.24, 2.45) is 0 Å². The molecule has 4 aromatic rings. The first-order chi connectivity index (χ1) is 14.2. The smallest absolute Gasteiger partial charge is 0.273 e.